The molecule has 8 heteroatoms. The van der Waals surface area contributed by atoms with Gasteiger partial charge in [-0.2, -0.15) is 0 Å². The van der Waals surface area contributed by atoms with Gasteiger partial charge >= 0.3 is 5.97 Å². The van der Waals surface area contributed by atoms with E-state index in [0.717, 1.165) is 17.3 Å². The molecular formula is C19H15N3O4S. The van der Waals surface area contributed by atoms with Gasteiger partial charge in [-0.05, 0) is 24.3 Å². The van der Waals surface area contributed by atoms with Crippen LogP contribution in [0.3, 0.4) is 0 Å². The number of nitrogens with one attached hydrogen (secondary N) is 2. The molecule has 7 nitrogen and oxygen atoms in total. The lowest BCUT2D eigenvalue weighted by Crippen LogP contribution is -2.15. The zero-order chi connectivity index (χ0) is 19.2. The van der Waals surface area contributed by atoms with E-state index in [1.54, 1.807) is 0 Å². The number of rotatable bonds is 6. The average Bonchev–Trinajstić information content (AvgIpc) is 2.67. The van der Waals surface area contributed by atoms with Crippen molar-refractivity contribution < 1.29 is 14.7 Å². The van der Waals surface area contributed by atoms with Gasteiger partial charge in [-0.3, -0.25) is 9.59 Å². The first-order valence-electron chi connectivity index (χ1n) is 7.94. The minimum atomic E-state index is -1.03. The topological polar surface area (TPSA) is 112 Å². The summed E-state index contributed by atoms with van der Waals surface area (Å²) in [6, 6.07) is 16.5. The van der Waals surface area contributed by atoms with Crippen LogP contribution in [0.25, 0.3) is 11.3 Å². The fourth-order valence-electron chi connectivity index (χ4n) is 2.29. The molecule has 0 bridgehead atoms. The van der Waals surface area contributed by atoms with Crippen molar-refractivity contribution >= 4 is 29.3 Å². The molecular weight excluding hydrogens is 366 g/mol. The Morgan fingerprint density at radius 2 is 1.78 bits per heavy atom. The average molecular weight is 381 g/mol. The lowest BCUT2D eigenvalue weighted by Gasteiger charge is -2.06. The van der Waals surface area contributed by atoms with E-state index in [4.69, 9.17) is 5.11 Å². The first-order valence-corrected chi connectivity index (χ1v) is 8.92. The molecule has 0 saturated carbocycles. The number of carbonyl (C=O) groups excluding carboxylic acids is 1. The van der Waals surface area contributed by atoms with Gasteiger partial charge in [-0.15, -0.1) is 0 Å². The number of aromatic amines is 1. The van der Waals surface area contributed by atoms with Crippen molar-refractivity contribution in [1.29, 1.82) is 0 Å². The smallest absolute Gasteiger partial charge is 0.335 e. The van der Waals surface area contributed by atoms with E-state index >= 15 is 0 Å². The van der Waals surface area contributed by atoms with Gasteiger partial charge in [0.2, 0.25) is 5.91 Å². The number of H-pyrrole nitrogens is 1. The first-order chi connectivity index (χ1) is 13.0. The number of thioether (sulfide) groups is 1. The molecule has 136 valence electrons. The normalized spacial score (nSPS) is 10.4. The molecule has 0 fully saturated rings. The van der Waals surface area contributed by atoms with Crippen LogP contribution >= 0.6 is 11.8 Å². The third kappa shape index (κ3) is 5.05. The van der Waals surface area contributed by atoms with Gasteiger partial charge < -0.3 is 15.4 Å². The maximum Gasteiger partial charge on any atom is 0.335 e. The highest BCUT2D eigenvalue weighted by atomic mass is 32.2. The number of carboxylic acid groups (broad SMARTS) is 1. The quantitative estimate of drug-likeness (QED) is 0.447. The van der Waals surface area contributed by atoms with Crippen LogP contribution in [0.2, 0.25) is 0 Å². The number of nitrogens with zero attached hydrogens (tertiary/aromatic N) is 1. The van der Waals surface area contributed by atoms with Crippen LogP contribution in [0.5, 0.6) is 0 Å². The predicted molar refractivity (Wildman–Crippen MR) is 103 cm³/mol. The minimum absolute atomic E-state index is 0.0435. The van der Waals surface area contributed by atoms with Gasteiger partial charge in [0.25, 0.3) is 5.56 Å². The summed E-state index contributed by atoms with van der Waals surface area (Å²) in [5, 5.41) is 11.9. The highest BCUT2D eigenvalue weighted by Gasteiger charge is 2.09. The molecule has 1 heterocycles. The van der Waals surface area contributed by atoms with Crippen molar-refractivity contribution in [3.05, 3.63) is 76.6 Å². The van der Waals surface area contributed by atoms with Crippen LogP contribution in [-0.2, 0) is 4.79 Å². The van der Waals surface area contributed by atoms with E-state index in [9.17, 15) is 14.4 Å². The molecule has 0 aliphatic heterocycles. The van der Waals surface area contributed by atoms with Crippen LogP contribution in [0.4, 0.5) is 5.69 Å². The Morgan fingerprint density at radius 1 is 1.07 bits per heavy atom. The highest BCUT2D eigenvalue weighted by molar-refractivity contribution is 7.99. The molecule has 0 atom stereocenters. The summed E-state index contributed by atoms with van der Waals surface area (Å²) in [6.45, 7) is 0. The third-order valence-electron chi connectivity index (χ3n) is 3.55. The lowest BCUT2D eigenvalue weighted by molar-refractivity contribution is -0.113. The van der Waals surface area contributed by atoms with Gasteiger partial charge in [-0.1, -0.05) is 42.1 Å². The van der Waals surface area contributed by atoms with E-state index in [2.05, 4.69) is 15.3 Å². The molecule has 1 amide bonds. The van der Waals surface area contributed by atoms with Crippen LogP contribution in [0, 0.1) is 0 Å². The van der Waals surface area contributed by atoms with Gasteiger partial charge in [0.05, 0.1) is 17.0 Å². The van der Waals surface area contributed by atoms with Gasteiger partial charge in [-0.25, -0.2) is 9.78 Å². The monoisotopic (exact) mass is 381 g/mol. The molecule has 3 N–H and O–H groups in total. The van der Waals surface area contributed by atoms with Crippen molar-refractivity contribution in [3.8, 4) is 11.3 Å². The van der Waals surface area contributed by atoms with Crippen molar-refractivity contribution in [2.24, 2.45) is 0 Å². The van der Waals surface area contributed by atoms with Crippen LogP contribution < -0.4 is 10.9 Å². The molecule has 3 rings (SSSR count). The van der Waals surface area contributed by atoms with E-state index in [1.807, 2.05) is 30.3 Å². The highest BCUT2D eigenvalue weighted by Crippen LogP contribution is 2.19. The largest absolute Gasteiger partial charge is 0.478 e. The van der Waals surface area contributed by atoms with E-state index in [1.165, 1.54) is 30.3 Å². The lowest BCUT2D eigenvalue weighted by atomic mass is 10.1. The molecule has 2 aromatic carbocycles. The Kier molecular flexibility index (Phi) is 5.68. The standard InChI is InChI=1S/C19H15N3O4S/c23-16-10-15(12-4-2-1-3-5-12)21-19(22-16)27-11-17(24)20-14-8-6-13(7-9-14)18(25)26/h1-10H,11H2,(H,20,24)(H,25,26)(H,21,22,23). The van der Waals surface area contributed by atoms with Crippen molar-refractivity contribution in [3.63, 3.8) is 0 Å². The number of carboxylic acids is 1. The number of benzene rings is 2. The van der Waals surface area contributed by atoms with E-state index < -0.39 is 5.97 Å². The molecule has 3 aromatic rings. The summed E-state index contributed by atoms with van der Waals surface area (Å²) in [6.07, 6.45) is 0. The predicted octanol–water partition coefficient (Wildman–Crippen LogP) is 2.87. The maximum atomic E-state index is 12.1. The Balaban J connectivity index is 1.64. The molecule has 0 aliphatic carbocycles. The second kappa shape index (κ2) is 8.33. The molecule has 27 heavy (non-hydrogen) atoms. The summed E-state index contributed by atoms with van der Waals surface area (Å²) >= 11 is 1.11. The van der Waals surface area contributed by atoms with Crippen LogP contribution in [0.1, 0.15) is 10.4 Å². The van der Waals surface area contributed by atoms with Crippen molar-refractivity contribution in [2.45, 2.75) is 5.16 Å². The number of carbonyl (C=O) groups is 2. The van der Waals surface area contributed by atoms with Crippen molar-refractivity contribution in [1.82, 2.24) is 9.97 Å². The van der Waals surface area contributed by atoms with Crippen LogP contribution in [0.15, 0.2) is 70.6 Å². The number of aromatic nitrogens is 2. The molecule has 1 aromatic heterocycles. The Bertz CT molecular complexity index is 1020. The summed E-state index contributed by atoms with van der Waals surface area (Å²) in [7, 11) is 0. The number of hydrogen-bond donors (Lipinski definition) is 3. The molecule has 0 aliphatic rings. The van der Waals surface area contributed by atoms with Gasteiger partial charge in [0.1, 0.15) is 0 Å². The Hall–Kier alpha value is -3.39. The number of aromatic carboxylic acids is 1. The number of anilines is 1. The molecule has 0 spiro atoms. The minimum Gasteiger partial charge on any atom is -0.478 e. The zero-order valence-electron chi connectivity index (χ0n) is 14.0. The Morgan fingerprint density at radius 3 is 2.44 bits per heavy atom. The van der Waals surface area contributed by atoms with Gasteiger partial charge in [0, 0.05) is 17.3 Å². The summed E-state index contributed by atoms with van der Waals surface area (Å²) in [5.74, 6) is -1.28. The maximum absolute atomic E-state index is 12.1. The first kappa shape index (κ1) is 18.4. The molecule has 0 unspecified atom stereocenters. The summed E-state index contributed by atoms with van der Waals surface area (Å²) in [5.41, 5.74) is 1.68. The van der Waals surface area contributed by atoms with E-state index in [-0.39, 0.29) is 22.8 Å². The zero-order valence-corrected chi connectivity index (χ0v) is 14.8. The fourth-order valence-corrected chi connectivity index (χ4v) is 2.96. The second-order valence-corrected chi connectivity index (χ2v) is 6.49. The summed E-state index contributed by atoms with van der Waals surface area (Å²) in [4.78, 5) is 41.7. The second-order valence-electron chi connectivity index (χ2n) is 5.52. The fraction of sp³-hybridized carbons (Fsp3) is 0.0526. The third-order valence-corrected chi connectivity index (χ3v) is 4.42. The van der Waals surface area contributed by atoms with Crippen molar-refractivity contribution in [2.75, 3.05) is 11.1 Å². The van der Waals surface area contributed by atoms with Gasteiger partial charge in [0.15, 0.2) is 5.16 Å². The van der Waals surface area contributed by atoms with E-state index in [0.29, 0.717) is 16.5 Å². The molecule has 0 saturated heterocycles. The number of amides is 1. The Labute approximate surface area is 158 Å². The van der Waals surface area contributed by atoms with Crippen LogP contribution in [-0.4, -0.2) is 32.7 Å². The molecule has 0 radical (unpaired) electrons. The SMILES string of the molecule is O=C(CSc1nc(-c2ccccc2)cc(=O)[nH]1)Nc1ccc(C(=O)O)cc1. The summed E-state index contributed by atoms with van der Waals surface area (Å²) < 4.78 is 0. The number of hydrogen-bond acceptors (Lipinski definition) is 5.